The SMILES string of the molecule is CC(NC(=O)C1CC1)C(=O)CC(c1cc(C(F)(F)F)cc(C(F)(F)F)c1)c1c[nH]c2ccccc12. The van der Waals surface area contributed by atoms with Crippen LogP contribution < -0.4 is 5.32 Å². The quantitative estimate of drug-likeness (QED) is 0.382. The fourth-order valence-corrected chi connectivity index (χ4v) is 4.11. The van der Waals surface area contributed by atoms with E-state index in [9.17, 15) is 35.9 Å². The van der Waals surface area contributed by atoms with Crippen molar-refractivity contribution in [3.8, 4) is 0 Å². The lowest BCUT2D eigenvalue weighted by Gasteiger charge is -2.22. The fourth-order valence-electron chi connectivity index (χ4n) is 4.11. The molecule has 2 N–H and O–H groups in total. The van der Waals surface area contributed by atoms with Gasteiger partial charge in [0.05, 0.1) is 17.2 Å². The first-order valence-corrected chi connectivity index (χ1v) is 11.0. The highest BCUT2D eigenvalue weighted by Crippen LogP contribution is 2.41. The highest BCUT2D eigenvalue weighted by atomic mass is 19.4. The first-order chi connectivity index (χ1) is 16.3. The second-order valence-corrected chi connectivity index (χ2v) is 8.86. The molecule has 1 saturated carbocycles. The van der Waals surface area contributed by atoms with Crippen LogP contribution in [0.5, 0.6) is 0 Å². The molecule has 1 aliphatic rings. The molecule has 0 saturated heterocycles. The Morgan fingerprint density at radius 2 is 1.60 bits per heavy atom. The molecule has 2 atom stereocenters. The van der Waals surface area contributed by atoms with Crippen LogP contribution in [0.2, 0.25) is 0 Å². The van der Waals surface area contributed by atoms with E-state index in [-0.39, 0.29) is 23.5 Å². The van der Waals surface area contributed by atoms with Gasteiger partial charge in [-0.1, -0.05) is 18.2 Å². The minimum atomic E-state index is -5.02. The molecular weight excluding hydrogens is 474 g/mol. The monoisotopic (exact) mass is 496 g/mol. The molecule has 0 radical (unpaired) electrons. The molecule has 1 aromatic heterocycles. The summed E-state index contributed by atoms with van der Waals surface area (Å²) in [5.74, 6) is -2.05. The molecule has 1 aliphatic carbocycles. The van der Waals surface area contributed by atoms with Crippen LogP contribution in [0.15, 0.2) is 48.7 Å². The van der Waals surface area contributed by atoms with Crippen LogP contribution in [0.3, 0.4) is 0 Å². The van der Waals surface area contributed by atoms with E-state index >= 15 is 0 Å². The van der Waals surface area contributed by atoms with E-state index in [1.54, 1.807) is 24.3 Å². The maximum atomic E-state index is 13.5. The predicted octanol–water partition coefficient (Wildman–Crippen LogP) is 6.21. The average molecular weight is 496 g/mol. The number of halogens is 6. The number of hydrogen-bond donors (Lipinski definition) is 2. The van der Waals surface area contributed by atoms with Gasteiger partial charge in [0, 0.05) is 35.4 Å². The number of nitrogens with one attached hydrogen (secondary N) is 2. The predicted molar refractivity (Wildman–Crippen MR) is 117 cm³/mol. The van der Waals surface area contributed by atoms with Crippen LogP contribution in [0, 0.1) is 5.92 Å². The maximum Gasteiger partial charge on any atom is 0.416 e. The fraction of sp³-hybridized carbons (Fsp3) is 0.360. The standard InChI is InChI=1S/C25H22F6N2O2/c1-13(33-23(35)14-6-7-14)22(34)11-19(20-12-32-21-5-3-2-4-18(20)21)15-8-16(24(26,27)28)10-17(9-15)25(29,30)31/h2-5,8-10,12-14,19,32H,6-7,11H2,1H3,(H,33,35). The summed E-state index contributed by atoms with van der Waals surface area (Å²) in [5, 5.41) is 3.17. The Hall–Kier alpha value is -3.30. The molecule has 4 rings (SSSR count). The Morgan fingerprint density at radius 3 is 2.17 bits per heavy atom. The Labute approximate surface area is 196 Å². The van der Waals surface area contributed by atoms with Crippen molar-refractivity contribution in [2.45, 2.75) is 50.5 Å². The molecule has 2 aromatic carbocycles. The number of alkyl halides is 6. The molecule has 186 valence electrons. The van der Waals surface area contributed by atoms with Gasteiger partial charge in [0.2, 0.25) is 5.91 Å². The summed E-state index contributed by atoms with van der Waals surface area (Å²) in [6.45, 7) is 1.46. The molecule has 4 nitrogen and oxygen atoms in total. The maximum absolute atomic E-state index is 13.5. The number of para-hydroxylation sites is 1. The van der Waals surface area contributed by atoms with Crippen molar-refractivity contribution >= 4 is 22.6 Å². The first-order valence-electron chi connectivity index (χ1n) is 11.0. The normalized spacial score (nSPS) is 16.2. The first kappa shape index (κ1) is 24.8. The number of Topliss-reactive ketones (excluding diaryl/α,β-unsaturated/α-hetero) is 1. The smallest absolute Gasteiger partial charge is 0.361 e. The number of fused-ring (bicyclic) bond motifs is 1. The van der Waals surface area contributed by atoms with E-state index < -0.39 is 47.6 Å². The topological polar surface area (TPSA) is 62.0 Å². The van der Waals surface area contributed by atoms with Crippen LogP contribution in [0.25, 0.3) is 10.9 Å². The van der Waals surface area contributed by atoms with Crippen LogP contribution in [0.1, 0.15) is 54.4 Å². The highest BCUT2D eigenvalue weighted by Gasteiger charge is 2.38. The zero-order chi connectivity index (χ0) is 25.5. The number of H-pyrrole nitrogens is 1. The van der Waals surface area contributed by atoms with Crippen molar-refractivity contribution in [3.05, 3.63) is 70.9 Å². The minimum absolute atomic E-state index is 0.0656. The van der Waals surface area contributed by atoms with Crippen molar-refractivity contribution in [1.29, 1.82) is 0 Å². The van der Waals surface area contributed by atoms with Crippen LogP contribution >= 0.6 is 0 Å². The summed E-state index contributed by atoms with van der Waals surface area (Å²) in [4.78, 5) is 28.1. The van der Waals surface area contributed by atoms with Gasteiger partial charge in [-0.05, 0) is 55.2 Å². The summed E-state index contributed by atoms with van der Waals surface area (Å²) in [6, 6.07) is 7.23. The lowest BCUT2D eigenvalue weighted by molar-refractivity contribution is -0.143. The molecule has 1 fully saturated rings. The molecule has 0 aliphatic heterocycles. The number of rotatable bonds is 7. The van der Waals surface area contributed by atoms with Gasteiger partial charge >= 0.3 is 12.4 Å². The number of aromatic nitrogens is 1. The van der Waals surface area contributed by atoms with Crippen molar-refractivity contribution in [1.82, 2.24) is 10.3 Å². The van der Waals surface area contributed by atoms with Crippen molar-refractivity contribution in [2.75, 3.05) is 0 Å². The van der Waals surface area contributed by atoms with E-state index in [1.165, 1.54) is 13.1 Å². The number of aromatic amines is 1. The van der Waals surface area contributed by atoms with E-state index in [2.05, 4.69) is 10.3 Å². The molecule has 0 bridgehead atoms. The van der Waals surface area contributed by atoms with Gasteiger partial charge in [0.1, 0.15) is 0 Å². The third-order valence-corrected chi connectivity index (χ3v) is 6.20. The van der Waals surface area contributed by atoms with E-state index in [0.29, 0.717) is 28.6 Å². The molecule has 35 heavy (non-hydrogen) atoms. The third kappa shape index (κ3) is 5.52. The van der Waals surface area contributed by atoms with Crippen LogP contribution in [0.4, 0.5) is 26.3 Å². The van der Waals surface area contributed by atoms with Crippen LogP contribution in [-0.2, 0) is 21.9 Å². The third-order valence-electron chi connectivity index (χ3n) is 6.20. The Kier molecular flexibility index (Phi) is 6.42. The Bertz CT molecular complexity index is 1220. The number of ketones is 1. The molecule has 3 aromatic rings. The summed E-state index contributed by atoms with van der Waals surface area (Å²) >= 11 is 0. The summed E-state index contributed by atoms with van der Waals surface area (Å²) in [5.41, 5.74) is -2.17. The van der Waals surface area contributed by atoms with Gasteiger partial charge in [0.25, 0.3) is 0 Å². The van der Waals surface area contributed by atoms with Gasteiger partial charge in [-0.2, -0.15) is 26.3 Å². The van der Waals surface area contributed by atoms with Gasteiger partial charge in [0.15, 0.2) is 5.78 Å². The number of carbonyl (C=O) groups is 2. The van der Waals surface area contributed by atoms with E-state index in [4.69, 9.17) is 0 Å². The molecule has 1 heterocycles. The van der Waals surface area contributed by atoms with Gasteiger partial charge in [-0.15, -0.1) is 0 Å². The zero-order valence-electron chi connectivity index (χ0n) is 18.6. The van der Waals surface area contributed by atoms with Crippen molar-refractivity contribution in [3.63, 3.8) is 0 Å². The second-order valence-electron chi connectivity index (χ2n) is 8.86. The second kappa shape index (κ2) is 9.05. The minimum Gasteiger partial charge on any atom is -0.361 e. The largest absolute Gasteiger partial charge is 0.416 e. The summed E-state index contributed by atoms with van der Waals surface area (Å²) in [6.07, 6.45) is -7.51. The van der Waals surface area contributed by atoms with E-state index in [0.717, 1.165) is 12.8 Å². The summed E-state index contributed by atoms with van der Waals surface area (Å²) < 4.78 is 81.1. The lowest BCUT2D eigenvalue weighted by Crippen LogP contribution is -2.39. The van der Waals surface area contributed by atoms with Crippen molar-refractivity contribution in [2.24, 2.45) is 5.92 Å². The zero-order valence-corrected chi connectivity index (χ0v) is 18.6. The molecule has 2 unspecified atom stereocenters. The summed E-state index contributed by atoms with van der Waals surface area (Å²) in [7, 11) is 0. The molecule has 10 heteroatoms. The molecule has 0 spiro atoms. The van der Waals surface area contributed by atoms with Gasteiger partial charge in [-0.3, -0.25) is 9.59 Å². The van der Waals surface area contributed by atoms with Gasteiger partial charge < -0.3 is 10.3 Å². The highest BCUT2D eigenvalue weighted by molar-refractivity contribution is 5.92. The number of benzene rings is 2. The Morgan fingerprint density at radius 1 is 1.00 bits per heavy atom. The molecular formula is C25H22F6N2O2. The number of hydrogen-bond acceptors (Lipinski definition) is 2. The van der Waals surface area contributed by atoms with E-state index in [1.807, 2.05) is 0 Å². The molecule has 1 amide bonds. The van der Waals surface area contributed by atoms with Crippen molar-refractivity contribution < 1.29 is 35.9 Å². The Balaban J connectivity index is 1.79. The number of amides is 1. The lowest BCUT2D eigenvalue weighted by atomic mass is 9.84. The average Bonchev–Trinajstić information content (AvgIpc) is 3.56. The van der Waals surface area contributed by atoms with Crippen LogP contribution in [-0.4, -0.2) is 22.7 Å². The van der Waals surface area contributed by atoms with Gasteiger partial charge in [-0.25, -0.2) is 0 Å². The number of carbonyl (C=O) groups excluding carboxylic acids is 2.